The number of ether oxygens (including phenoxy) is 1. The number of phosphoric acid groups is 1. The molecule has 0 radical (unpaired) electrons. The number of carbonyl (C=O) groups excluding carboxylic acids is 1. The third-order valence-electron chi connectivity index (χ3n) is 4.81. The van der Waals surface area contributed by atoms with Crippen LogP contribution in [0.4, 0.5) is 5.95 Å². The Morgan fingerprint density at radius 1 is 1.45 bits per heavy atom. The van der Waals surface area contributed by atoms with Gasteiger partial charge in [-0.05, 0) is 0 Å². The van der Waals surface area contributed by atoms with Crippen molar-refractivity contribution in [2.45, 2.75) is 42.7 Å². The average molecular weight is 506 g/mol. The van der Waals surface area contributed by atoms with Gasteiger partial charge < -0.3 is 30.9 Å². The Bertz CT molecular complexity index is 1220. The van der Waals surface area contributed by atoms with Gasteiger partial charge in [0.25, 0.3) is 5.56 Å². The smallest absolute Gasteiger partial charge is 0.472 e. The fraction of sp³-hybridized carbons (Fsp3) is 0.533. The van der Waals surface area contributed by atoms with Gasteiger partial charge in [-0.25, -0.2) is 14.3 Å². The van der Waals surface area contributed by atoms with Crippen LogP contribution >= 0.6 is 19.6 Å². The quantitative estimate of drug-likeness (QED) is 0.186. The number of thioether (sulfide) groups is 1. The van der Waals surface area contributed by atoms with Crippen molar-refractivity contribution in [2.24, 2.45) is 0 Å². The molecule has 2 aliphatic heterocycles. The number of aromatic nitrogens is 4. The van der Waals surface area contributed by atoms with E-state index in [9.17, 15) is 34.1 Å². The van der Waals surface area contributed by atoms with Gasteiger partial charge in [-0.15, -0.1) is 0 Å². The molecule has 6 unspecified atom stereocenters. The number of aromatic amines is 1. The van der Waals surface area contributed by atoms with Crippen molar-refractivity contribution in [1.29, 1.82) is 0 Å². The van der Waals surface area contributed by atoms with Gasteiger partial charge in [-0.2, -0.15) is 4.98 Å². The molecule has 2 aromatic heterocycles. The number of phosphoric ester groups is 1. The molecule has 18 heteroatoms. The summed E-state index contributed by atoms with van der Waals surface area (Å²) in [5.74, 6) is -2.32. The van der Waals surface area contributed by atoms with E-state index in [0.29, 0.717) is 0 Å². The Morgan fingerprint density at radius 3 is 2.85 bits per heavy atom. The minimum atomic E-state index is -4.39. The maximum atomic E-state index is 12.4. The van der Waals surface area contributed by atoms with Crippen molar-refractivity contribution >= 4 is 48.6 Å². The van der Waals surface area contributed by atoms with Crippen molar-refractivity contribution in [1.82, 2.24) is 24.8 Å². The lowest BCUT2D eigenvalue weighted by Gasteiger charge is -2.27. The Kier molecular flexibility index (Phi) is 6.21. The standard InChI is InChI=1S/C15H19N6O10PS/c1-4(22)17-5(13(25)26)3-33-15-18-7-10(19-14(16)20-11(7)24)21(15)12-8(23)9-6(30-12)2-29-32(27,28)31-9/h5-6,8-9,12,23H,2-3H2,1H3,(H,17,22)(H,25,26)(H,27,28)(H3,16,19,20,24). The number of hydrogen-bond acceptors (Lipinski definition) is 12. The van der Waals surface area contributed by atoms with Crippen molar-refractivity contribution in [3.8, 4) is 0 Å². The van der Waals surface area contributed by atoms with E-state index in [1.807, 2.05) is 0 Å². The van der Waals surface area contributed by atoms with Crippen LogP contribution in [0.1, 0.15) is 13.2 Å². The number of aliphatic hydroxyl groups excluding tert-OH is 1. The van der Waals surface area contributed by atoms with E-state index in [-0.39, 0.29) is 34.6 Å². The number of carboxylic acids is 1. The normalized spacial score (nSPS) is 30.2. The number of anilines is 1. The zero-order valence-electron chi connectivity index (χ0n) is 16.8. The van der Waals surface area contributed by atoms with E-state index < -0.39 is 55.8 Å². The van der Waals surface area contributed by atoms with Crippen LogP contribution < -0.4 is 16.6 Å². The number of imidazole rings is 1. The first-order valence-electron chi connectivity index (χ1n) is 9.36. The summed E-state index contributed by atoms with van der Waals surface area (Å²) >= 11 is 0.843. The van der Waals surface area contributed by atoms with E-state index in [2.05, 4.69) is 20.3 Å². The highest BCUT2D eigenvalue weighted by atomic mass is 32.2. The van der Waals surface area contributed by atoms with Crippen LogP contribution in [0.2, 0.25) is 0 Å². The highest BCUT2D eigenvalue weighted by molar-refractivity contribution is 7.99. The molecule has 1 amide bonds. The monoisotopic (exact) mass is 506 g/mol. The van der Waals surface area contributed by atoms with Crippen molar-refractivity contribution in [2.75, 3.05) is 18.1 Å². The Labute approximate surface area is 188 Å². The Morgan fingerprint density at radius 2 is 2.18 bits per heavy atom. The molecule has 0 saturated carbocycles. The number of rotatable bonds is 6. The molecule has 2 saturated heterocycles. The predicted molar refractivity (Wildman–Crippen MR) is 109 cm³/mol. The highest BCUT2D eigenvalue weighted by Gasteiger charge is 2.53. The number of nitrogens with two attached hydrogens (primary N) is 1. The van der Waals surface area contributed by atoms with Crippen molar-refractivity contribution in [3.05, 3.63) is 10.4 Å². The van der Waals surface area contributed by atoms with Gasteiger partial charge in [-0.3, -0.25) is 28.2 Å². The second-order valence-corrected chi connectivity index (χ2v) is 9.57. The fourth-order valence-corrected chi connectivity index (χ4v) is 5.43. The maximum absolute atomic E-state index is 12.4. The number of aliphatic carboxylic acids is 1. The molecule has 0 aliphatic carbocycles. The topological polar surface area (TPSA) is 241 Å². The fourth-order valence-electron chi connectivity index (χ4n) is 3.44. The Hall–Kier alpha value is -2.53. The first kappa shape index (κ1) is 23.6. The summed E-state index contributed by atoms with van der Waals surface area (Å²) in [5.41, 5.74) is 4.70. The van der Waals surface area contributed by atoms with Gasteiger partial charge >= 0.3 is 13.8 Å². The molecule has 0 aromatic carbocycles. The molecule has 0 spiro atoms. The first-order valence-corrected chi connectivity index (χ1v) is 11.8. The highest BCUT2D eigenvalue weighted by Crippen LogP contribution is 2.52. The summed E-state index contributed by atoms with van der Waals surface area (Å²) in [5, 5.41) is 22.4. The minimum absolute atomic E-state index is 0.0148. The van der Waals surface area contributed by atoms with Crippen LogP contribution in [0.25, 0.3) is 11.2 Å². The number of aliphatic hydroxyl groups is 1. The molecule has 33 heavy (non-hydrogen) atoms. The van der Waals surface area contributed by atoms with Gasteiger partial charge in [-0.1, -0.05) is 11.8 Å². The summed E-state index contributed by atoms with van der Waals surface area (Å²) < 4.78 is 28.4. The van der Waals surface area contributed by atoms with Gasteiger partial charge in [0.15, 0.2) is 22.5 Å². The second kappa shape index (κ2) is 8.68. The van der Waals surface area contributed by atoms with E-state index in [0.717, 1.165) is 18.7 Å². The van der Waals surface area contributed by atoms with Gasteiger partial charge in [0, 0.05) is 12.7 Å². The summed E-state index contributed by atoms with van der Waals surface area (Å²) in [7, 11) is -4.39. The molecule has 6 atom stereocenters. The average Bonchev–Trinajstić information content (AvgIpc) is 3.21. The van der Waals surface area contributed by atoms with E-state index in [1.165, 1.54) is 4.57 Å². The molecule has 7 N–H and O–H groups in total. The van der Waals surface area contributed by atoms with Gasteiger partial charge in [0.1, 0.15) is 24.4 Å². The summed E-state index contributed by atoms with van der Waals surface area (Å²) in [4.78, 5) is 55.2. The van der Waals surface area contributed by atoms with Crippen LogP contribution in [-0.2, 0) is 27.9 Å². The first-order chi connectivity index (χ1) is 15.5. The SMILES string of the molecule is CC(=O)NC(CSc1nc2c(=O)[nH]c(N)nc2n1C1OC2COP(=O)(O)OC2C1O)C(=O)O. The number of nitrogens with one attached hydrogen (secondary N) is 2. The minimum Gasteiger partial charge on any atom is -0.480 e. The number of nitrogens with zero attached hydrogens (tertiary/aromatic N) is 3. The van der Waals surface area contributed by atoms with E-state index in [1.54, 1.807) is 0 Å². The van der Waals surface area contributed by atoms with Crippen LogP contribution in [0.3, 0.4) is 0 Å². The van der Waals surface area contributed by atoms with Crippen LogP contribution in [0, 0.1) is 0 Å². The van der Waals surface area contributed by atoms with Crippen molar-refractivity contribution < 1.29 is 43.0 Å². The predicted octanol–water partition coefficient (Wildman–Crippen LogP) is -1.84. The van der Waals surface area contributed by atoms with Crippen LogP contribution in [-0.4, -0.2) is 83.2 Å². The Balaban J connectivity index is 1.73. The van der Waals surface area contributed by atoms with Crippen LogP contribution in [0.15, 0.2) is 9.95 Å². The molecular formula is C15H19N6O10PS. The van der Waals surface area contributed by atoms with Crippen LogP contribution in [0.5, 0.6) is 0 Å². The zero-order valence-corrected chi connectivity index (χ0v) is 18.5. The summed E-state index contributed by atoms with van der Waals surface area (Å²) in [6.07, 6.45) is -4.98. The zero-order chi connectivity index (χ0) is 24.1. The third kappa shape index (κ3) is 4.61. The number of hydrogen-bond donors (Lipinski definition) is 6. The lowest BCUT2D eigenvalue weighted by atomic mass is 10.1. The molecule has 4 rings (SSSR count). The number of fused-ring (bicyclic) bond motifs is 2. The molecule has 180 valence electrons. The lowest BCUT2D eigenvalue weighted by molar-refractivity contribution is -0.140. The number of amides is 1. The largest absolute Gasteiger partial charge is 0.480 e. The molecule has 4 heterocycles. The number of carbonyl (C=O) groups is 2. The third-order valence-corrected chi connectivity index (χ3v) is 6.84. The molecular weight excluding hydrogens is 487 g/mol. The number of H-pyrrole nitrogens is 1. The van der Waals surface area contributed by atoms with Gasteiger partial charge in [0.2, 0.25) is 11.9 Å². The molecule has 16 nitrogen and oxygen atoms in total. The number of nitrogen functional groups attached to an aromatic ring is 1. The van der Waals surface area contributed by atoms with Crippen molar-refractivity contribution in [3.63, 3.8) is 0 Å². The van der Waals surface area contributed by atoms with E-state index >= 15 is 0 Å². The van der Waals surface area contributed by atoms with E-state index in [4.69, 9.17) is 19.5 Å². The maximum Gasteiger partial charge on any atom is 0.472 e. The lowest BCUT2D eigenvalue weighted by Crippen LogP contribution is -2.41. The molecule has 2 aromatic rings. The van der Waals surface area contributed by atoms with Gasteiger partial charge in [0.05, 0.1) is 6.61 Å². The molecule has 2 aliphatic rings. The summed E-state index contributed by atoms with van der Waals surface area (Å²) in [6.45, 7) is 0.815. The second-order valence-electron chi connectivity index (χ2n) is 7.18. The number of carboxylic acid groups (broad SMARTS) is 1. The summed E-state index contributed by atoms with van der Waals surface area (Å²) in [6, 6.07) is -1.29. The molecule has 0 bridgehead atoms. The molecule has 2 fully saturated rings.